The van der Waals surface area contributed by atoms with Crippen LogP contribution >= 0.6 is 35.2 Å². The minimum absolute atomic E-state index is 0. The molecule has 0 aliphatic carbocycles. The van der Waals surface area contributed by atoms with Crippen LogP contribution in [0.4, 0.5) is 0 Å². The van der Waals surface area contributed by atoms with E-state index in [4.69, 9.17) is 38.7 Å². The van der Waals surface area contributed by atoms with Crippen LogP contribution in [0, 0.1) is 5.41 Å². The molecular formula is C78H62Cl2O41S6-14. The molecule has 0 spiro atoms. The molecule has 9 aromatic rings. The second-order valence-electron chi connectivity index (χ2n) is 23.9. The molecule has 49 heteroatoms. The van der Waals surface area contributed by atoms with Gasteiger partial charge in [-0.25, -0.2) is 43.7 Å². The largest absolute Gasteiger partial charge is 0.872 e. The number of ketones is 1. The molecule has 9 aromatic carbocycles. The predicted octanol–water partition coefficient (Wildman–Crippen LogP) is -1.84. The van der Waals surface area contributed by atoms with Crippen LogP contribution < -0.4 is 56.2 Å². The van der Waals surface area contributed by atoms with Gasteiger partial charge in [-0.1, -0.05) is 159 Å². The summed E-state index contributed by atoms with van der Waals surface area (Å²) in [6, 6.07) is 49.7. The summed E-state index contributed by atoms with van der Waals surface area (Å²) in [5.74, 6) is -19.2. The van der Waals surface area contributed by atoms with Crippen molar-refractivity contribution in [3.63, 3.8) is 0 Å². The number of carboxylic acid groups (broad SMARTS) is 11. The minimum Gasteiger partial charge on any atom is -0.872 e. The van der Waals surface area contributed by atoms with E-state index < -0.39 is 173 Å². The van der Waals surface area contributed by atoms with Crippen LogP contribution in [-0.2, 0) is 94.3 Å². The van der Waals surface area contributed by atoms with Gasteiger partial charge in [-0.15, -0.1) is 10.1 Å². The predicted molar refractivity (Wildman–Crippen MR) is 412 cm³/mol. The van der Waals surface area contributed by atoms with Crippen molar-refractivity contribution in [1.82, 2.24) is 0 Å². The highest BCUT2D eigenvalue weighted by Crippen LogP contribution is 2.37. The summed E-state index contributed by atoms with van der Waals surface area (Å²) in [7, 11) is -19.1. The van der Waals surface area contributed by atoms with E-state index in [-0.39, 0.29) is 75.9 Å². The Bertz CT molecular complexity index is 5680. The first-order chi connectivity index (χ1) is 58.3. The zero-order chi connectivity index (χ0) is 96.5. The van der Waals surface area contributed by atoms with Gasteiger partial charge < -0.3 is 133 Å². The molecule has 0 saturated heterocycles. The highest BCUT2D eigenvalue weighted by atomic mass is 35.5. The van der Waals surface area contributed by atoms with E-state index in [1.165, 1.54) is 39.0 Å². The van der Waals surface area contributed by atoms with Crippen LogP contribution in [0.25, 0.3) is 11.1 Å². The van der Waals surface area contributed by atoms with Crippen molar-refractivity contribution in [3.05, 3.63) is 256 Å². The van der Waals surface area contributed by atoms with Crippen LogP contribution in [0.3, 0.4) is 0 Å². The van der Waals surface area contributed by atoms with E-state index >= 15 is 0 Å². The first kappa shape index (κ1) is 114. The lowest BCUT2D eigenvalue weighted by atomic mass is 9.81. The number of carbonyl (C=O) groups is 12. The third kappa shape index (κ3) is 43.3. The number of benzene rings is 9. The van der Waals surface area contributed by atoms with Crippen molar-refractivity contribution in [2.24, 2.45) is 5.41 Å². The van der Waals surface area contributed by atoms with Crippen molar-refractivity contribution in [3.8, 4) is 28.4 Å². The summed E-state index contributed by atoms with van der Waals surface area (Å²) in [5.41, 5.74) is -1.54. The van der Waals surface area contributed by atoms with Crippen molar-refractivity contribution in [2.75, 3.05) is 0 Å². The topological polar surface area (TPSA) is 787 Å². The van der Waals surface area contributed by atoms with E-state index in [1.54, 1.807) is 38.1 Å². The third-order valence-electron chi connectivity index (χ3n) is 14.7. The molecule has 41 nitrogen and oxygen atoms in total. The Kier molecular flexibility index (Phi) is 48.2. The van der Waals surface area contributed by atoms with Gasteiger partial charge in [-0.2, -0.15) is 0 Å². The van der Waals surface area contributed by atoms with Crippen molar-refractivity contribution >= 4 is 158 Å². The monoisotopic (exact) mass is 1920 g/mol. The fraction of sp³-hybridized carbons (Fsp3) is 0.128. The maximum Gasteiger partial charge on any atom is 0.335 e. The van der Waals surface area contributed by atoms with Crippen LogP contribution in [0.15, 0.2) is 257 Å². The lowest BCUT2D eigenvalue weighted by Crippen LogP contribution is -2.35. The van der Waals surface area contributed by atoms with E-state index in [9.17, 15) is 171 Å². The molecular weight excluding hydrogens is 1860 g/mol. The first-order valence-corrected chi connectivity index (χ1v) is 41.7. The molecule has 684 valence electrons. The zero-order valence-corrected chi connectivity index (χ0v) is 70.3. The Morgan fingerprint density at radius 3 is 1.22 bits per heavy atom. The number of carboxylic acids is 11. The molecule has 9 rings (SSSR count). The second-order valence-corrected chi connectivity index (χ2v) is 33.1. The molecule has 0 saturated carbocycles. The van der Waals surface area contributed by atoms with Gasteiger partial charge in [0, 0.05) is 39.5 Å². The minimum atomic E-state index is -4.95. The maximum atomic E-state index is 11.1. The van der Waals surface area contributed by atoms with E-state index in [0.717, 1.165) is 77.6 Å². The number of phenolic OH excluding ortho intramolecular Hbond substituents is 1. The Balaban J connectivity index is 0.00000142. The average Bonchev–Trinajstić information content (AvgIpc) is 0.815. The summed E-state index contributed by atoms with van der Waals surface area (Å²) in [6.07, 6.45) is -0.496. The molecule has 4 N–H and O–H groups in total. The fourth-order valence-corrected chi connectivity index (χ4v) is 13.5. The van der Waals surface area contributed by atoms with E-state index in [2.05, 4.69) is 57.9 Å². The SMILES string of the molecule is C.C/C(=C/C(=O)[O-])C(=O)[O-].CCC(C)(CC(=O)[O-])CC(=O)[O-].Clc1ccc([S+](c2ccccc2)c2ccc(Cl)cc2)cc1.O=C(O)CCC(=O)C(=O)[O-].O=C([O-])c1cc([O-])cc(C(=O)O)c1.O=C([O-])c1ccc(S(=O)(=O)[O-])cc1.O=C([O-])c1ccccc1-c1ccccc1C(=O)[O-].O=S(=O)([O-])c1cc(O)c(SOOO)cc1[O-].O=S(=O)([O-])c1cccc(S(=O)(=O)[O-])c1. The summed E-state index contributed by atoms with van der Waals surface area (Å²) >= 11 is 12.3. The second kappa shape index (κ2) is 53.8. The van der Waals surface area contributed by atoms with Crippen molar-refractivity contribution < 1.29 is 196 Å². The summed E-state index contributed by atoms with van der Waals surface area (Å²) in [6.45, 7) is 4.45. The smallest absolute Gasteiger partial charge is 0.335 e. The molecule has 0 amide bonds. The van der Waals surface area contributed by atoms with Gasteiger partial charge in [0.1, 0.15) is 52.2 Å². The van der Waals surface area contributed by atoms with Gasteiger partial charge in [-0.05, 0) is 168 Å². The van der Waals surface area contributed by atoms with Crippen molar-refractivity contribution in [2.45, 2.75) is 99.5 Å². The van der Waals surface area contributed by atoms with Gasteiger partial charge in [0.2, 0.25) is 0 Å². The van der Waals surface area contributed by atoms with E-state index in [1.807, 2.05) is 30.3 Å². The number of hydrogen-bond acceptors (Lipinski definition) is 40. The molecule has 0 atom stereocenters. The molecule has 0 aliphatic heterocycles. The molecule has 0 aliphatic rings. The molecule has 0 unspecified atom stereocenters. The Labute approximate surface area is 737 Å². The Morgan fingerprint density at radius 2 is 0.882 bits per heavy atom. The van der Waals surface area contributed by atoms with Crippen LogP contribution in [0.1, 0.15) is 112 Å². The molecule has 0 fully saturated rings. The standard InChI is InChI=1S/C18H13Cl2S.C14H10O4.C8H6O5.C8H14O4.C7H6O5S.C6H6O8S2.C6H6O6S2.C5H6O5.C5H6O4.CH4/c19-14-6-10-17(11-7-14)21(16-4-2-1-3-5-16)18-12-8-15(20)9-13-18;15-13(16)11-7-3-1-5-9(11)10-6-2-4-8-12(10)14(17)18;9-6-2-4(7(10)11)1-5(3-6)8(12)13;1-3-8(2,4-6(9)10)5-7(11)12;8-7(9)5-1-3-6(4-2-5)13(10,11)12;7-3-2-6(16(10,11)12)4(8)1-5(3)15-14-13-9;7-13(8,9)5-2-1-3-6(4-5)14(10,11)12;6-3(5(9)10)1-2-4(7)8;1-3(5(8)9)2-4(6)7;/h1-13H;1-8H,(H,15,16)(H,17,18);1-3,9H,(H,10,11)(H,12,13);3-5H2,1-2H3,(H,9,10)(H,11,12);1-4H,(H,8,9)(H,10,11,12);1-2,7-9H,(H,10,11,12);1-4H,(H,7,8,9)(H,10,11,12);1-2H2,(H,7,8)(H,9,10);2H,1H3,(H,6,7)(H,8,9);1H4/q+1;;;;;;;;;/p-15/b;;;;;;;;3-2-;. The highest BCUT2D eigenvalue weighted by molar-refractivity contribution is 7.97. The number of Topliss-reactive ketones (excluding diaryl/α,β-unsaturated/α-hetero) is 1. The summed E-state index contributed by atoms with van der Waals surface area (Å²) < 4.78 is 130. The number of hydrogen-bond donors (Lipinski definition) is 4. The number of phenols is 1. The highest BCUT2D eigenvalue weighted by Gasteiger charge is 2.29. The fourth-order valence-electron chi connectivity index (χ4n) is 8.69. The van der Waals surface area contributed by atoms with Gasteiger partial charge in [0.15, 0.2) is 20.5 Å². The van der Waals surface area contributed by atoms with Gasteiger partial charge >= 0.3 is 11.9 Å². The number of carbonyl (C=O) groups excluding carboxylic acids is 10. The average molecular weight is 1920 g/mol. The maximum absolute atomic E-state index is 11.1. The molecule has 0 radical (unpaired) electrons. The number of aromatic carboxylic acids is 5. The number of halogens is 2. The first-order valence-electron chi connectivity index (χ1n) is 33.4. The lowest BCUT2D eigenvalue weighted by molar-refractivity contribution is -0.432. The van der Waals surface area contributed by atoms with Crippen LogP contribution in [0.2, 0.25) is 10.0 Å². The number of rotatable bonds is 27. The zero-order valence-electron chi connectivity index (χ0n) is 63.8. The molecule has 0 aromatic heterocycles. The third-order valence-corrected chi connectivity index (χ3v) is 21.4. The molecule has 127 heavy (non-hydrogen) atoms. The van der Waals surface area contributed by atoms with Gasteiger partial charge in [0.25, 0.3) is 0 Å². The molecule has 0 bridgehead atoms. The Hall–Kier alpha value is -13.2. The number of aromatic hydroxyl groups is 1. The molecule has 0 heterocycles. The van der Waals surface area contributed by atoms with Gasteiger partial charge in [-0.3, -0.25) is 9.59 Å². The van der Waals surface area contributed by atoms with Crippen LogP contribution in [-0.4, -0.2) is 144 Å². The van der Waals surface area contributed by atoms with Crippen LogP contribution in [0.5, 0.6) is 17.2 Å². The normalized spacial score (nSPS) is 10.7. The van der Waals surface area contributed by atoms with Crippen molar-refractivity contribution in [1.29, 1.82) is 0 Å². The van der Waals surface area contributed by atoms with E-state index in [0.29, 0.717) is 41.8 Å². The number of aliphatic carboxylic acids is 6. The quantitative estimate of drug-likeness (QED) is 0.00836. The summed E-state index contributed by atoms with van der Waals surface area (Å²) in [5, 5.41) is 152. The lowest BCUT2D eigenvalue weighted by Gasteiger charge is -2.28. The van der Waals surface area contributed by atoms with Gasteiger partial charge in [0.05, 0.1) is 95.2 Å². The summed E-state index contributed by atoms with van der Waals surface area (Å²) in [4.78, 5) is 123. The Morgan fingerprint density at radius 1 is 0.472 bits per heavy atom.